The first-order valence-corrected chi connectivity index (χ1v) is 7.78. The Balaban J connectivity index is 2.11. The molecule has 0 saturated carbocycles. The van der Waals surface area contributed by atoms with Crippen LogP contribution < -0.4 is 0 Å². The Bertz CT molecular complexity index is 880. The quantitative estimate of drug-likeness (QED) is 0.465. The fourth-order valence-electron chi connectivity index (χ4n) is 2.68. The lowest BCUT2D eigenvalue weighted by Gasteiger charge is -2.12. The third-order valence-electron chi connectivity index (χ3n) is 3.62. The van der Waals surface area contributed by atoms with Gasteiger partial charge in [0.05, 0.1) is 5.52 Å². The number of fused-ring (bicyclic) bond motifs is 1. The summed E-state index contributed by atoms with van der Waals surface area (Å²) in [5.41, 5.74) is 4.75. The Labute approximate surface area is 127 Å². The number of hydrogen-bond donors (Lipinski definition) is 0. The summed E-state index contributed by atoms with van der Waals surface area (Å²) < 4.78 is 0. The van der Waals surface area contributed by atoms with Gasteiger partial charge in [0.1, 0.15) is 0 Å². The van der Waals surface area contributed by atoms with Crippen molar-refractivity contribution in [1.29, 1.82) is 0 Å². The fourth-order valence-corrected chi connectivity index (χ4v) is 3.42. The van der Waals surface area contributed by atoms with Gasteiger partial charge >= 0.3 is 0 Å². The monoisotopic (exact) mass is 287 g/mol. The zero-order chi connectivity index (χ0) is 14.1. The number of nitrogens with zero attached hydrogens (tertiary/aromatic N) is 1. The van der Waals surface area contributed by atoms with Gasteiger partial charge in [-0.15, -0.1) is 11.3 Å². The van der Waals surface area contributed by atoms with E-state index in [9.17, 15) is 0 Å². The summed E-state index contributed by atoms with van der Waals surface area (Å²) in [6.45, 7) is 0. The highest BCUT2D eigenvalue weighted by atomic mass is 32.1. The first-order chi connectivity index (χ1) is 10.4. The lowest BCUT2D eigenvalue weighted by Crippen LogP contribution is -1.88. The number of thiophene rings is 1. The molecule has 0 aliphatic carbocycles. The number of aromatic nitrogens is 1. The van der Waals surface area contributed by atoms with E-state index in [1.807, 2.05) is 12.3 Å². The van der Waals surface area contributed by atoms with E-state index in [1.165, 1.54) is 27.0 Å². The third kappa shape index (κ3) is 2.14. The number of pyridine rings is 1. The minimum absolute atomic E-state index is 1.04. The number of para-hydroxylation sites is 1. The molecule has 0 radical (unpaired) electrons. The first-order valence-electron chi connectivity index (χ1n) is 6.90. The molecule has 2 aromatic carbocycles. The first kappa shape index (κ1) is 12.3. The van der Waals surface area contributed by atoms with Crippen LogP contribution in [0.2, 0.25) is 0 Å². The van der Waals surface area contributed by atoms with Crippen molar-refractivity contribution in [3.63, 3.8) is 0 Å². The summed E-state index contributed by atoms with van der Waals surface area (Å²) in [4.78, 5) is 5.89. The molecule has 0 spiro atoms. The maximum absolute atomic E-state index is 4.63. The molecule has 0 N–H and O–H groups in total. The van der Waals surface area contributed by atoms with Crippen molar-refractivity contribution < 1.29 is 0 Å². The predicted octanol–water partition coefficient (Wildman–Crippen LogP) is 5.63. The van der Waals surface area contributed by atoms with Crippen molar-refractivity contribution >= 4 is 22.2 Å². The zero-order valence-corrected chi connectivity index (χ0v) is 12.2. The number of hydrogen-bond acceptors (Lipinski definition) is 2. The van der Waals surface area contributed by atoms with Gasteiger partial charge in [0.15, 0.2) is 0 Å². The standard InChI is InChI=1S/C19H13NS/c1-2-7-14(8-3-1)19-15-9-4-5-10-17(15)20-13-16(19)18-11-6-12-21-18/h1-13H. The molecule has 0 saturated heterocycles. The molecular formula is C19H13NS. The van der Waals surface area contributed by atoms with E-state index in [0.29, 0.717) is 0 Å². The molecule has 2 aromatic heterocycles. The summed E-state index contributed by atoms with van der Waals surface area (Å²) in [6.07, 6.45) is 2.00. The topological polar surface area (TPSA) is 12.9 Å². The summed E-state index contributed by atoms with van der Waals surface area (Å²) >= 11 is 1.75. The second-order valence-electron chi connectivity index (χ2n) is 4.91. The highest BCUT2D eigenvalue weighted by Gasteiger charge is 2.12. The van der Waals surface area contributed by atoms with E-state index in [-0.39, 0.29) is 0 Å². The van der Waals surface area contributed by atoms with Crippen LogP contribution in [0.3, 0.4) is 0 Å². The van der Waals surface area contributed by atoms with Crippen LogP contribution in [-0.2, 0) is 0 Å². The van der Waals surface area contributed by atoms with Crippen LogP contribution >= 0.6 is 11.3 Å². The molecule has 4 rings (SSSR count). The van der Waals surface area contributed by atoms with E-state index in [2.05, 4.69) is 71.0 Å². The highest BCUT2D eigenvalue weighted by Crippen LogP contribution is 2.38. The van der Waals surface area contributed by atoms with Gasteiger partial charge in [-0.2, -0.15) is 0 Å². The average molecular weight is 287 g/mol. The smallest absolute Gasteiger partial charge is 0.0708 e. The van der Waals surface area contributed by atoms with Crippen LogP contribution in [-0.4, -0.2) is 4.98 Å². The average Bonchev–Trinajstić information content (AvgIpc) is 3.09. The number of rotatable bonds is 2. The Morgan fingerprint density at radius 3 is 2.38 bits per heavy atom. The Morgan fingerprint density at radius 2 is 1.57 bits per heavy atom. The molecule has 0 aliphatic rings. The molecule has 0 fully saturated rings. The van der Waals surface area contributed by atoms with E-state index >= 15 is 0 Å². The lowest BCUT2D eigenvalue weighted by atomic mass is 9.96. The van der Waals surface area contributed by atoms with Crippen LogP contribution in [0.25, 0.3) is 32.5 Å². The van der Waals surface area contributed by atoms with Gasteiger partial charge in [-0.05, 0) is 23.1 Å². The summed E-state index contributed by atoms with van der Waals surface area (Å²) in [5.74, 6) is 0. The van der Waals surface area contributed by atoms with Crippen molar-refractivity contribution in [2.24, 2.45) is 0 Å². The molecule has 1 nitrogen and oxygen atoms in total. The SMILES string of the molecule is c1ccc(-c2c(-c3cccs3)cnc3ccccc23)cc1. The van der Waals surface area contributed by atoms with Crippen molar-refractivity contribution in [2.75, 3.05) is 0 Å². The normalized spacial score (nSPS) is 10.9. The molecule has 0 atom stereocenters. The second-order valence-corrected chi connectivity index (χ2v) is 5.86. The van der Waals surface area contributed by atoms with E-state index in [0.717, 1.165) is 5.52 Å². The van der Waals surface area contributed by atoms with Gasteiger partial charge in [0.25, 0.3) is 0 Å². The summed E-state index contributed by atoms with van der Waals surface area (Å²) in [7, 11) is 0. The Morgan fingerprint density at radius 1 is 0.762 bits per heavy atom. The lowest BCUT2D eigenvalue weighted by molar-refractivity contribution is 1.41. The van der Waals surface area contributed by atoms with Crippen LogP contribution in [0.15, 0.2) is 78.3 Å². The minimum atomic E-state index is 1.04. The van der Waals surface area contributed by atoms with Crippen molar-refractivity contribution in [3.8, 4) is 21.6 Å². The molecule has 21 heavy (non-hydrogen) atoms. The predicted molar refractivity (Wildman–Crippen MR) is 90.5 cm³/mol. The van der Waals surface area contributed by atoms with Gasteiger partial charge in [-0.1, -0.05) is 54.6 Å². The number of benzene rings is 2. The van der Waals surface area contributed by atoms with Crippen molar-refractivity contribution in [2.45, 2.75) is 0 Å². The van der Waals surface area contributed by atoms with Gasteiger partial charge in [-0.3, -0.25) is 4.98 Å². The molecule has 0 bridgehead atoms. The zero-order valence-electron chi connectivity index (χ0n) is 11.4. The molecule has 4 aromatic rings. The molecule has 2 heterocycles. The van der Waals surface area contributed by atoms with E-state index in [4.69, 9.17) is 0 Å². The van der Waals surface area contributed by atoms with Crippen LogP contribution in [0.4, 0.5) is 0 Å². The third-order valence-corrected chi connectivity index (χ3v) is 4.53. The molecular weight excluding hydrogens is 274 g/mol. The van der Waals surface area contributed by atoms with E-state index < -0.39 is 0 Å². The van der Waals surface area contributed by atoms with Crippen LogP contribution in [0.5, 0.6) is 0 Å². The van der Waals surface area contributed by atoms with Crippen molar-refractivity contribution in [1.82, 2.24) is 4.98 Å². The van der Waals surface area contributed by atoms with Crippen LogP contribution in [0, 0.1) is 0 Å². The summed E-state index contributed by atoms with van der Waals surface area (Å²) in [6, 6.07) is 23.1. The van der Waals surface area contributed by atoms with Crippen molar-refractivity contribution in [3.05, 3.63) is 78.3 Å². The van der Waals surface area contributed by atoms with Gasteiger partial charge in [0.2, 0.25) is 0 Å². The van der Waals surface area contributed by atoms with Gasteiger partial charge in [-0.25, -0.2) is 0 Å². The highest BCUT2D eigenvalue weighted by molar-refractivity contribution is 7.13. The fraction of sp³-hybridized carbons (Fsp3) is 0. The molecule has 0 unspecified atom stereocenters. The van der Waals surface area contributed by atoms with E-state index in [1.54, 1.807) is 11.3 Å². The molecule has 0 amide bonds. The summed E-state index contributed by atoms with van der Waals surface area (Å²) in [5, 5.41) is 3.31. The molecule has 0 aliphatic heterocycles. The molecule has 100 valence electrons. The van der Waals surface area contributed by atoms with Gasteiger partial charge < -0.3 is 0 Å². The van der Waals surface area contributed by atoms with Gasteiger partial charge in [0, 0.05) is 27.6 Å². The largest absolute Gasteiger partial charge is 0.256 e. The second kappa shape index (κ2) is 5.15. The minimum Gasteiger partial charge on any atom is -0.256 e. The maximum Gasteiger partial charge on any atom is 0.0708 e. The maximum atomic E-state index is 4.63. The Kier molecular flexibility index (Phi) is 3.02. The van der Waals surface area contributed by atoms with Crippen LogP contribution in [0.1, 0.15) is 0 Å². The molecule has 2 heteroatoms. The Hall–Kier alpha value is -2.45.